The van der Waals surface area contributed by atoms with E-state index in [1.165, 1.54) is 18.5 Å². The van der Waals surface area contributed by atoms with Gasteiger partial charge in [-0.05, 0) is 43.5 Å². The predicted octanol–water partition coefficient (Wildman–Crippen LogP) is 3.69. The van der Waals surface area contributed by atoms with Crippen molar-refractivity contribution in [3.8, 4) is 11.5 Å². The van der Waals surface area contributed by atoms with Crippen LogP contribution in [0.3, 0.4) is 0 Å². The first kappa shape index (κ1) is 23.7. The maximum Gasteiger partial charge on any atom is 0.243 e. The van der Waals surface area contributed by atoms with Crippen LogP contribution in [0.15, 0.2) is 47.4 Å². The van der Waals surface area contributed by atoms with Crippen molar-refractivity contribution in [3.05, 3.63) is 48.0 Å². The topological polar surface area (TPSA) is 84.9 Å². The summed E-state index contributed by atoms with van der Waals surface area (Å²) in [6.45, 7) is 5.87. The standard InChI is InChI=1S/C22H30N2O5S/c1-16(2)12-13-24(30(26,27)19-9-6-17(3)7-10-19)15-22(25)23-20-11-8-18(28-4)14-21(20)29-5/h6-11,14,16H,12-13,15H2,1-5H3,(H,23,25). The van der Waals surface area contributed by atoms with E-state index in [9.17, 15) is 13.2 Å². The maximum atomic E-state index is 13.2. The Morgan fingerprint density at radius 1 is 1.07 bits per heavy atom. The molecule has 2 aromatic rings. The molecule has 1 N–H and O–H groups in total. The number of carbonyl (C=O) groups excluding carboxylic acids is 1. The monoisotopic (exact) mass is 434 g/mol. The third-order valence-electron chi connectivity index (χ3n) is 4.62. The smallest absolute Gasteiger partial charge is 0.243 e. The van der Waals surface area contributed by atoms with Crippen LogP contribution in [0.4, 0.5) is 5.69 Å². The molecule has 0 fully saturated rings. The number of carbonyl (C=O) groups is 1. The largest absolute Gasteiger partial charge is 0.497 e. The van der Waals surface area contributed by atoms with E-state index in [2.05, 4.69) is 5.32 Å². The zero-order valence-corrected chi connectivity index (χ0v) is 19.0. The first-order valence-corrected chi connectivity index (χ1v) is 11.2. The first-order chi connectivity index (χ1) is 14.2. The molecule has 0 aliphatic rings. The molecule has 0 bridgehead atoms. The van der Waals surface area contributed by atoms with Gasteiger partial charge in [-0.25, -0.2) is 8.42 Å². The minimum Gasteiger partial charge on any atom is -0.497 e. The lowest BCUT2D eigenvalue weighted by atomic mass is 10.1. The normalized spacial score (nSPS) is 11.6. The van der Waals surface area contributed by atoms with Crippen molar-refractivity contribution in [2.24, 2.45) is 5.92 Å². The van der Waals surface area contributed by atoms with Crippen molar-refractivity contribution in [1.29, 1.82) is 0 Å². The van der Waals surface area contributed by atoms with Crippen LogP contribution in [-0.4, -0.2) is 45.9 Å². The van der Waals surface area contributed by atoms with Crippen molar-refractivity contribution in [3.63, 3.8) is 0 Å². The molecular formula is C22H30N2O5S. The molecular weight excluding hydrogens is 404 g/mol. The summed E-state index contributed by atoms with van der Waals surface area (Å²) in [5.74, 6) is 0.867. The molecule has 164 valence electrons. The van der Waals surface area contributed by atoms with E-state index in [0.717, 1.165) is 5.56 Å². The molecule has 0 saturated heterocycles. The molecule has 0 aromatic heterocycles. The first-order valence-electron chi connectivity index (χ1n) is 9.76. The number of amides is 1. The second kappa shape index (κ2) is 10.4. The maximum absolute atomic E-state index is 13.2. The van der Waals surface area contributed by atoms with Crippen LogP contribution < -0.4 is 14.8 Å². The Hall–Kier alpha value is -2.58. The molecule has 1 amide bonds. The fraction of sp³-hybridized carbons (Fsp3) is 0.409. The Bertz CT molecular complexity index is 956. The van der Waals surface area contributed by atoms with Crippen LogP contribution in [-0.2, 0) is 14.8 Å². The third-order valence-corrected chi connectivity index (χ3v) is 6.48. The Labute approximate surface area is 179 Å². The van der Waals surface area contributed by atoms with E-state index < -0.39 is 15.9 Å². The van der Waals surface area contributed by atoms with Gasteiger partial charge in [0, 0.05) is 12.6 Å². The molecule has 0 heterocycles. The average Bonchev–Trinajstić information content (AvgIpc) is 2.71. The highest BCUT2D eigenvalue weighted by atomic mass is 32.2. The van der Waals surface area contributed by atoms with E-state index in [1.54, 1.807) is 42.5 Å². The van der Waals surface area contributed by atoms with E-state index in [1.807, 2.05) is 20.8 Å². The number of hydrogen-bond acceptors (Lipinski definition) is 5. The van der Waals surface area contributed by atoms with Crippen LogP contribution >= 0.6 is 0 Å². The van der Waals surface area contributed by atoms with Crippen molar-refractivity contribution in [2.75, 3.05) is 32.6 Å². The summed E-state index contributed by atoms with van der Waals surface area (Å²) in [4.78, 5) is 12.9. The summed E-state index contributed by atoms with van der Waals surface area (Å²) in [7, 11) is -0.781. The second-order valence-corrected chi connectivity index (χ2v) is 9.39. The fourth-order valence-electron chi connectivity index (χ4n) is 2.80. The Balaban J connectivity index is 2.23. The predicted molar refractivity (Wildman–Crippen MR) is 118 cm³/mol. The molecule has 8 heteroatoms. The van der Waals surface area contributed by atoms with Gasteiger partial charge in [0.2, 0.25) is 15.9 Å². The van der Waals surface area contributed by atoms with Gasteiger partial charge in [0.25, 0.3) is 0 Å². The van der Waals surface area contributed by atoms with Gasteiger partial charge in [0.05, 0.1) is 31.3 Å². The van der Waals surface area contributed by atoms with Crippen molar-refractivity contribution in [2.45, 2.75) is 32.1 Å². The lowest BCUT2D eigenvalue weighted by molar-refractivity contribution is -0.116. The number of nitrogens with zero attached hydrogens (tertiary/aromatic N) is 1. The number of rotatable bonds is 10. The summed E-state index contributed by atoms with van der Waals surface area (Å²) in [5.41, 5.74) is 1.41. The second-order valence-electron chi connectivity index (χ2n) is 7.45. The zero-order valence-electron chi connectivity index (χ0n) is 18.1. The summed E-state index contributed by atoms with van der Waals surface area (Å²) >= 11 is 0. The number of methoxy groups -OCH3 is 2. The van der Waals surface area contributed by atoms with E-state index in [-0.39, 0.29) is 18.0 Å². The number of anilines is 1. The molecule has 0 radical (unpaired) electrons. The zero-order chi connectivity index (χ0) is 22.3. The van der Waals surface area contributed by atoms with E-state index in [0.29, 0.717) is 29.5 Å². The SMILES string of the molecule is COc1ccc(NC(=O)CN(CCC(C)C)S(=O)(=O)c2ccc(C)cc2)c(OC)c1. The molecule has 0 aliphatic heterocycles. The average molecular weight is 435 g/mol. The Kier molecular flexibility index (Phi) is 8.25. The Morgan fingerprint density at radius 3 is 2.30 bits per heavy atom. The lowest BCUT2D eigenvalue weighted by Gasteiger charge is -2.23. The van der Waals surface area contributed by atoms with Gasteiger partial charge in [-0.3, -0.25) is 4.79 Å². The van der Waals surface area contributed by atoms with E-state index in [4.69, 9.17) is 9.47 Å². The number of aryl methyl sites for hydroxylation is 1. The summed E-state index contributed by atoms with van der Waals surface area (Å²) in [5, 5.41) is 2.74. The number of sulfonamides is 1. The minimum atomic E-state index is -3.81. The molecule has 0 unspecified atom stereocenters. The highest BCUT2D eigenvalue weighted by molar-refractivity contribution is 7.89. The molecule has 0 saturated carbocycles. The van der Waals surface area contributed by atoms with Crippen molar-refractivity contribution in [1.82, 2.24) is 4.31 Å². The number of hydrogen-bond donors (Lipinski definition) is 1. The van der Waals surface area contributed by atoms with Gasteiger partial charge < -0.3 is 14.8 Å². The quantitative estimate of drug-likeness (QED) is 0.616. The number of benzene rings is 2. The van der Waals surface area contributed by atoms with Gasteiger partial charge in [0.1, 0.15) is 11.5 Å². The van der Waals surface area contributed by atoms with Gasteiger partial charge in [0.15, 0.2) is 0 Å². The molecule has 2 aromatic carbocycles. The van der Waals surface area contributed by atoms with Crippen LogP contribution in [0.2, 0.25) is 0 Å². The fourth-order valence-corrected chi connectivity index (χ4v) is 4.21. The summed E-state index contributed by atoms with van der Waals surface area (Å²) < 4.78 is 38.0. The van der Waals surface area contributed by atoms with Crippen molar-refractivity contribution < 1.29 is 22.7 Å². The van der Waals surface area contributed by atoms with Crippen LogP contribution in [0, 0.1) is 12.8 Å². The van der Waals surface area contributed by atoms with Gasteiger partial charge in [-0.15, -0.1) is 0 Å². The lowest BCUT2D eigenvalue weighted by Crippen LogP contribution is -2.39. The van der Waals surface area contributed by atoms with Gasteiger partial charge in [-0.1, -0.05) is 31.5 Å². The van der Waals surface area contributed by atoms with Gasteiger partial charge >= 0.3 is 0 Å². The van der Waals surface area contributed by atoms with Crippen molar-refractivity contribution >= 4 is 21.6 Å². The number of ether oxygens (including phenoxy) is 2. The molecule has 0 atom stereocenters. The highest BCUT2D eigenvalue weighted by Gasteiger charge is 2.27. The van der Waals surface area contributed by atoms with Crippen LogP contribution in [0.5, 0.6) is 11.5 Å². The van der Waals surface area contributed by atoms with E-state index >= 15 is 0 Å². The van der Waals surface area contributed by atoms with Gasteiger partial charge in [-0.2, -0.15) is 4.31 Å². The molecule has 30 heavy (non-hydrogen) atoms. The number of nitrogens with one attached hydrogen (secondary N) is 1. The molecule has 2 rings (SSSR count). The Morgan fingerprint density at radius 2 is 1.73 bits per heavy atom. The molecule has 7 nitrogen and oxygen atoms in total. The molecule has 0 spiro atoms. The minimum absolute atomic E-state index is 0.173. The van der Waals surface area contributed by atoms with Crippen LogP contribution in [0.1, 0.15) is 25.8 Å². The third kappa shape index (κ3) is 6.21. The highest BCUT2D eigenvalue weighted by Crippen LogP contribution is 2.29. The summed E-state index contributed by atoms with van der Waals surface area (Å²) in [6.07, 6.45) is 0.643. The molecule has 0 aliphatic carbocycles. The summed E-state index contributed by atoms with van der Waals surface area (Å²) in [6, 6.07) is 11.6. The van der Waals surface area contributed by atoms with Crippen LogP contribution in [0.25, 0.3) is 0 Å².